The predicted octanol–water partition coefficient (Wildman–Crippen LogP) is 3.85. The van der Waals surface area contributed by atoms with Gasteiger partial charge in [-0.2, -0.15) is 0 Å². The average Bonchev–Trinajstić information content (AvgIpc) is 3.01. The number of carbonyl (C=O) groups excluding carboxylic acids is 1. The molecule has 1 amide bonds. The Morgan fingerprint density at radius 3 is 2.10 bits per heavy atom. The minimum Gasteiger partial charge on any atom is -0.480 e. The van der Waals surface area contributed by atoms with Gasteiger partial charge in [-0.1, -0.05) is 48.5 Å². The number of aliphatic carboxylic acids is 1. The summed E-state index contributed by atoms with van der Waals surface area (Å²) in [6.45, 7) is 1.13. The molecule has 2 aromatic carbocycles. The Hall–Kier alpha value is -2.86. The van der Waals surface area contributed by atoms with Gasteiger partial charge in [0.25, 0.3) is 0 Å². The molecule has 1 unspecified atom stereocenters. The number of quaternary nitrogens is 1. The van der Waals surface area contributed by atoms with Crippen LogP contribution >= 0.6 is 0 Å². The summed E-state index contributed by atoms with van der Waals surface area (Å²) in [6, 6.07) is 15.3. The van der Waals surface area contributed by atoms with Crippen molar-refractivity contribution in [1.29, 1.82) is 0 Å². The summed E-state index contributed by atoms with van der Waals surface area (Å²) in [6.07, 6.45) is 1.34. The molecule has 160 valence electrons. The van der Waals surface area contributed by atoms with E-state index in [-0.39, 0.29) is 12.5 Å². The van der Waals surface area contributed by atoms with Crippen molar-refractivity contribution in [1.82, 2.24) is 5.32 Å². The van der Waals surface area contributed by atoms with Gasteiger partial charge in [-0.3, -0.25) is 0 Å². The molecular weight excluding hydrogens is 380 g/mol. The van der Waals surface area contributed by atoms with E-state index in [1.165, 1.54) is 0 Å². The molecule has 2 N–H and O–H groups in total. The van der Waals surface area contributed by atoms with Crippen molar-refractivity contribution in [3.05, 3.63) is 59.7 Å². The second-order valence-corrected chi connectivity index (χ2v) is 8.87. The molecule has 0 saturated heterocycles. The van der Waals surface area contributed by atoms with Crippen LogP contribution in [0.4, 0.5) is 4.79 Å². The first-order chi connectivity index (χ1) is 14.3. The summed E-state index contributed by atoms with van der Waals surface area (Å²) in [5.74, 6) is -1.08. The number of hydrogen-bond acceptors (Lipinski definition) is 3. The SMILES string of the molecule is C[N+](C)(C)CCCCC(NC(=O)OCC1c2ccccc2-c2ccccc21)C(=O)O. The van der Waals surface area contributed by atoms with Crippen molar-refractivity contribution in [2.24, 2.45) is 0 Å². The average molecular weight is 412 g/mol. The number of alkyl carbamates (subject to hydrolysis) is 1. The van der Waals surface area contributed by atoms with E-state index in [0.29, 0.717) is 6.42 Å². The van der Waals surface area contributed by atoms with E-state index < -0.39 is 18.1 Å². The van der Waals surface area contributed by atoms with Crippen molar-refractivity contribution < 1.29 is 23.9 Å². The Labute approximate surface area is 178 Å². The zero-order chi connectivity index (χ0) is 21.7. The molecule has 0 saturated carbocycles. The van der Waals surface area contributed by atoms with Crippen molar-refractivity contribution in [2.45, 2.75) is 31.2 Å². The van der Waals surface area contributed by atoms with E-state index in [1.54, 1.807) is 0 Å². The highest BCUT2D eigenvalue weighted by Gasteiger charge is 2.29. The molecule has 0 spiro atoms. The number of hydrogen-bond donors (Lipinski definition) is 2. The lowest BCUT2D eigenvalue weighted by Gasteiger charge is -2.24. The molecule has 1 aliphatic carbocycles. The molecule has 6 nitrogen and oxygen atoms in total. The van der Waals surface area contributed by atoms with E-state index in [4.69, 9.17) is 4.74 Å². The Morgan fingerprint density at radius 1 is 1.00 bits per heavy atom. The first kappa shape index (κ1) is 21.8. The third kappa shape index (κ3) is 5.39. The van der Waals surface area contributed by atoms with Crippen LogP contribution in [0.5, 0.6) is 0 Å². The van der Waals surface area contributed by atoms with Gasteiger partial charge in [-0.05, 0) is 41.5 Å². The zero-order valence-corrected chi connectivity index (χ0v) is 17.9. The molecule has 0 radical (unpaired) electrons. The Kier molecular flexibility index (Phi) is 6.77. The maximum atomic E-state index is 12.3. The lowest BCUT2D eigenvalue weighted by Crippen LogP contribution is -2.41. The Balaban J connectivity index is 1.56. The quantitative estimate of drug-likeness (QED) is 0.485. The topological polar surface area (TPSA) is 75.6 Å². The molecule has 0 aromatic heterocycles. The van der Waals surface area contributed by atoms with Gasteiger partial charge in [0, 0.05) is 5.92 Å². The molecule has 6 heteroatoms. The predicted molar refractivity (Wildman–Crippen MR) is 116 cm³/mol. The van der Waals surface area contributed by atoms with Crippen molar-refractivity contribution in [2.75, 3.05) is 34.3 Å². The molecular formula is C24H31N2O4+. The zero-order valence-electron chi connectivity index (χ0n) is 17.9. The number of unbranched alkanes of at least 4 members (excludes halogenated alkanes) is 1. The smallest absolute Gasteiger partial charge is 0.407 e. The van der Waals surface area contributed by atoms with Crippen molar-refractivity contribution in [3.63, 3.8) is 0 Å². The number of amides is 1. The van der Waals surface area contributed by atoms with Crippen LogP contribution in [0.15, 0.2) is 48.5 Å². The molecule has 0 fully saturated rings. The fraction of sp³-hybridized carbons (Fsp3) is 0.417. The largest absolute Gasteiger partial charge is 0.480 e. The first-order valence-corrected chi connectivity index (χ1v) is 10.4. The van der Waals surface area contributed by atoms with Crippen LogP contribution in [0.3, 0.4) is 0 Å². The number of fused-ring (bicyclic) bond motifs is 3. The number of carbonyl (C=O) groups is 2. The van der Waals surface area contributed by atoms with Gasteiger partial charge >= 0.3 is 12.1 Å². The summed E-state index contributed by atoms with van der Waals surface area (Å²) in [5.41, 5.74) is 4.56. The van der Waals surface area contributed by atoms with E-state index in [1.807, 2.05) is 24.3 Å². The van der Waals surface area contributed by atoms with Crippen LogP contribution in [-0.4, -0.2) is 62.0 Å². The van der Waals surface area contributed by atoms with Crippen LogP contribution in [0, 0.1) is 0 Å². The number of carboxylic acids is 1. The molecule has 2 aromatic rings. The fourth-order valence-electron chi connectivity index (χ4n) is 3.97. The van der Waals surface area contributed by atoms with Gasteiger partial charge in [-0.25, -0.2) is 9.59 Å². The second kappa shape index (κ2) is 9.30. The fourth-order valence-corrected chi connectivity index (χ4v) is 3.97. The van der Waals surface area contributed by atoms with E-state index >= 15 is 0 Å². The summed E-state index contributed by atoms with van der Waals surface area (Å²) < 4.78 is 6.30. The van der Waals surface area contributed by atoms with Crippen LogP contribution in [0.1, 0.15) is 36.3 Å². The van der Waals surface area contributed by atoms with E-state index in [2.05, 4.69) is 50.7 Å². The highest BCUT2D eigenvalue weighted by atomic mass is 16.5. The lowest BCUT2D eigenvalue weighted by molar-refractivity contribution is -0.870. The molecule has 0 heterocycles. The number of rotatable bonds is 9. The van der Waals surface area contributed by atoms with Gasteiger partial charge in [-0.15, -0.1) is 0 Å². The van der Waals surface area contributed by atoms with Crippen LogP contribution in [0.2, 0.25) is 0 Å². The number of nitrogens with one attached hydrogen (secondary N) is 1. The first-order valence-electron chi connectivity index (χ1n) is 10.4. The summed E-state index contributed by atoms with van der Waals surface area (Å²) >= 11 is 0. The van der Waals surface area contributed by atoms with Crippen LogP contribution < -0.4 is 5.32 Å². The van der Waals surface area contributed by atoms with Crippen LogP contribution in [-0.2, 0) is 9.53 Å². The van der Waals surface area contributed by atoms with E-state index in [9.17, 15) is 14.7 Å². The Bertz CT molecular complexity index is 859. The van der Waals surface area contributed by atoms with Gasteiger partial charge in [0.1, 0.15) is 12.6 Å². The summed E-state index contributed by atoms with van der Waals surface area (Å²) in [5, 5.41) is 12.0. The number of nitrogens with zero attached hydrogens (tertiary/aromatic N) is 1. The molecule has 30 heavy (non-hydrogen) atoms. The van der Waals surface area contributed by atoms with Gasteiger partial charge in [0.05, 0.1) is 27.7 Å². The maximum Gasteiger partial charge on any atom is 0.407 e. The lowest BCUT2D eigenvalue weighted by atomic mass is 9.98. The second-order valence-electron chi connectivity index (χ2n) is 8.87. The standard InChI is InChI=1S/C24H30N2O4/c1-26(2,3)15-9-8-14-22(23(27)28)25-24(29)30-16-21-19-12-6-4-10-17(19)18-11-5-7-13-20(18)21/h4-7,10-13,21-22H,8-9,14-16H2,1-3H3,(H-,25,27,28,29)/p+1. The van der Waals surface area contributed by atoms with Gasteiger partial charge in [0.15, 0.2) is 0 Å². The molecule has 3 rings (SSSR count). The number of carboxylic acid groups (broad SMARTS) is 1. The summed E-state index contributed by atoms with van der Waals surface area (Å²) in [7, 11) is 6.30. The minimum atomic E-state index is -1.03. The number of benzene rings is 2. The molecule has 1 aliphatic rings. The van der Waals surface area contributed by atoms with Crippen molar-refractivity contribution in [3.8, 4) is 11.1 Å². The minimum absolute atomic E-state index is 0.0454. The monoisotopic (exact) mass is 411 g/mol. The highest BCUT2D eigenvalue weighted by molar-refractivity contribution is 5.81. The normalized spacial score (nSPS) is 14.0. The summed E-state index contributed by atoms with van der Waals surface area (Å²) in [4.78, 5) is 23.9. The Morgan fingerprint density at radius 2 is 1.57 bits per heavy atom. The molecule has 0 bridgehead atoms. The molecule has 0 aliphatic heterocycles. The van der Waals surface area contributed by atoms with E-state index in [0.717, 1.165) is 46.1 Å². The third-order valence-electron chi connectivity index (χ3n) is 5.51. The van der Waals surface area contributed by atoms with Gasteiger partial charge in [0.2, 0.25) is 0 Å². The maximum absolute atomic E-state index is 12.3. The highest BCUT2D eigenvalue weighted by Crippen LogP contribution is 2.44. The van der Waals surface area contributed by atoms with Crippen LogP contribution in [0.25, 0.3) is 11.1 Å². The number of ether oxygens (including phenoxy) is 1. The van der Waals surface area contributed by atoms with Gasteiger partial charge < -0.3 is 19.6 Å². The van der Waals surface area contributed by atoms with Crippen molar-refractivity contribution >= 4 is 12.1 Å². The molecule has 1 atom stereocenters. The third-order valence-corrected chi connectivity index (χ3v) is 5.51.